The third-order valence-electron chi connectivity index (χ3n) is 8.00. The highest BCUT2D eigenvalue weighted by molar-refractivity contribution is 6.31. The van der Waals surface area contributed by atoms with Gasteiger partial charge in [0.25, 0.3) is 11.8 Å². The van der Waals surface area contributed by atoms with Crippen molar-refractivity contribution in [2.45, 2.75) is 44.6 Å². The van der Waals surface area contributed by atoms with Crippen LogP contribution in [0.2, 0.25) is 5.02 Å². The van der Waals surface area contributed by atoms with Crippen molar-refractivity contribution in [2.24, 2.45) is 5.92 Å². The van der Waals surface area contributed by atoms with Crippen LogP contribution in [0.4, 0.5) is 11.4 Å². The van der Waals surface area contributed by atoms with Crippen LogP contribution in [0, 0.1) is 5.92 Å². The molecule has 2 aliphatic heterocycles. The molecule has 2 saturated heterocycles. The highest BCUT2D eigenvalue weighted by Gasteiger charge is 2.28. The Morgan fingerprint density at radius 1 is 0.872 bits per heavy atom. The van der Waals surface area contributed by atoms with Crippen molar-refractivity contribution in [1.29, 1.82) is 0 Å². The van der Waals surface area contributed by atoms with Crippen LogP contribution in [-0.4, -0.2) is 79.9 Å². The molecule has 2 heterocycles. The van der Waals surface area contributed by atoms with Crippen molar-refractivity contribution in [3.8, 4) is 0 Å². The number of carbonyl (C=O) groups is 3. The standard InChI is InChI=1S/C30H38ClN5O3/c1-34-12-3-13-36(17-16-34)28(37)18-21-10-14-35(15-11-21)27-9-6-23(29(38)32-25-7-8-25)20-26(27)33-30(39)22-4-2-5-24(31)19-22/h2,4-6,9,19-21,25H,3,7-8,10-18H2,1H3,(H,32,38)(H,33,39). The van der Waals surface area contributed by atoms with E-state index in [-0.39, 0.29) is 23.8 Å². The minimum atomic E-state index is -0.276. The molecule has 8 nitrogen and oxygen atoms in total. The van der Waals surface area contributed by atoms with E-state index in [1.54, 1.807) is 30.3 Å². The maximum absolute atomic E-state index is 13.1. The van der Waals surface area contributed by atoms with Gasteiger partial charge in [-0.2, -0.15) is 0 Å². The van der Waals surface area contributed by atoms with Crippen LogP contribution >= 0.6 is 11.6 Å². The zero-order valence-corrected chi connectivity index (χ0v) is 23.4. The average molecular weight is 552 g/mol. The van der Waals surface area contributed by atoms with Gasteiger partial charge in [0.1, 0.15) is 0 Å². The predicted octanol–water partition coefficient (Wildman–Crippen LogP) is 4.26. The first kappa shape index (κ1) is 27.5. The van der Waals surface area contributed by atoms with Crippen molar-refractivity contribution >= 4 is 40.7 Å². The van der Waals surface area contributed by atoms with Crippen LogP contribution in [0.1, 0.15) is 59.2 Å². The van der Waals surface area contributed by atoms with Crippen molar-refractivity contribution in [3.63, 3.8) is 0 Å². The van der Waals surface area contributed by atoms with E-state index >= 15 is 0 Å². The molecule has 1 saturated carbocycles. The van der Waals surface area contributed by atoms with Gasteiger partial charge >= 0.3 is 0 Å². The molecule has 0 spiro atoms. The lowest BCUT2D eigenvalue weighted by Crippen LogP contribution is -2.39. The van der Waals surface area contributed by atoms with Crippen LogP contribution in [0.3, 0.4) is 0 Å². The molecule has 5 rings (SSSR count). The summed E-state index contributed by atoms with van der Waals surface area (Å²) in [5.41, 5.74) is 2.47. The third kappa shape index (κ3) is 7.31. The molecule has 3 aliphatic rings. The number of halogens is 1. The number of amides is 3. The maximum Gasteiger partial charge on any atom is 0.255 e. The Morgan fingerprint density at radius 2 is 1.64 bits per heavy atom. The van der Waals surface area contributed by atoms with Gasteiger partial charge in [0.2, 0.25) is 5.91 Å². The smallest absolute Gasteiger partial charge is 0.255 e. The van der Waals surface area contributed by atoms with E-state index in [1.807, 2.05) is 17.0 Å². The molecule has 2 aromatic rings. The first-order valence-electron chi connectivity index (χ1n) is 14.1. The Balaban J connectivity index is 1.26. The first-order chi connectivity index (χ1) is 18.9. The molecule has 3 fully saturated rings. The fraction of sp³-hybridized carbons (Fsp3) is 0.500. The fourth-order valence-corrected chi connectivity index (χ4v) is 5.61. The van der Waals surface area contributed by atoms with Crippen LogP contribution in [0.5, 0.6) is 0 Å². The Morgan fingerprint density at radius 3 is 2.38 bits per heavy atom. The molecule has 0 aromatic heterocycles. The van der Waals surface area contributed by atoms with E-state index in [2.05, 4.69) is 27.5 Å². The zero-order chi connectivity index (χ0) is 27.4. The van der Waals surface area contributed by atoms with Gasteiger partial charge in [-0.25, -0.2) is 0 Å². The van der Waals surface area contributed by atoms with Crippen LogP contribution in [0.25, 0.3) is 0 Å². The van der Waals surface area contributed by atoms with Gasteiger partial charge in [0.05, 0.1) is 11.4 Å². The van der Waals surface area contributed by atoms with Gasteiger partial charge in [-0.05, 0) is 88.0 Å². The number of nitrogens with one attached hydrogen (secondary N) is 2. The Hall–Kier alpha value is -3.10. The molecule has 3 amide bonds. The first-order valence-corrected chi connectivity index (χ1v) is 14.5. The third-order valence-corrected chi connectivity index (χ3v) is 8.23. The molecule has 0 unspecified atom stereocenters. The largest absolute Gasteiger partial charge is 0.370 e. The van der Waals surface area contributed by atoms with E-state index < -0.39 is 0 Å². The van der Waals surface area contributed by atoms with Crippen LogP contribution in [-0.2, 0) is 4.79 Å². The highest BCUT2D eigenvalue weighted by Crippen LogP contribution is 2.33. The Labute approximate surface area is 235 Å². The zero-order valence-electron chi connectivity index (χ0n) is 22.6. The van der Waals surface area contributed by atoms with Crippen molar-refractivity contribution in [1.82, 2.24) is 15.1 Å². The van der Waals surface area contributed by atoms with E-state index in [1.165, 1.54) is 0 Å². The summed E-state index contributed by atoms with van der Waals surface area (Å²) in [6.45, 7) is 5.20. The van der Waals surface area contributed by atoms with Crippen molar-refractivity contribution in [3.05, 3.63) is 58.6 Å². The minimum Gasteiger partial charge on any atom is -0.370 e. The average Bonchev–Trinajstić information content (AvgIpc) is 3.77. The van der Waals surface area contributed by atoms with E-state index in [9.17, 15) is 14.4 Å². The molecule has 0 atom stereocenters. The molecule has 208 valence electrons. The van der Waals surface area contributed by atoms with E-state index in [4.69, 9.17) is 11.6 Å². The molecule has 2 aromatic carbocycles. The van der Waals surface area contributed by atoms with Gasteiger partial charge in [-0.3, -0.25) is 14.4 Å². The summed E-state index contributed by atoms with van der Waals surface area (Å²) in [7, 11) is 2.11. The lowest BCUT2D eigenvalue weighted by Gasteiger charge is -2.35. The number of anilines is 2. The van der Waals surface area contributed by atoms with Crippen LogP contribution < -0.4 is 15.5 Å². The van der Waals surface area contributed by atoms with Gasteiger partial charge in [-0.15, -0.1) is 0 Å². The van der Waals surface area contributed by atoms with Gasteiger partial charge in [-0.1, -0.05) is 17.7 Å². The molecular weight excluding hydrogens is 514 g/mol. The number of rotatable bonds is 7. The summed E-state index contributed by atoms with van der Waals surface area (Å²) in [5, 5.41) is 6.54. The van der Waals surface area contributed by atoms with Crippen molar-refractivity contribution in [2.75, 3.05) is 56.5 Å². The minimum absolute atomic E-state index is 0.126. The number of hydrogen-bond acceptors (Lipinski definition) is 5. The molecule has 0 radical (unpaired) electrons. The molecule has 0 bridgehead atoms. The molecule has 9 heteroatoms. The topological polar surface area (TPSA) is 85.0 Å². The summed E-state index contributed by atoms with van der Waals surface area (Å²) in [4.78, 5) is 45.4. The van der Waals surface area contributed by atoms with Gasteiger partial charge in [0, 0.05) is 61.3 Å². The fourth-order valence-electron chi connectivity index (χ4n) is 5.42. The highest BCUT2D eigenvalue weighted by atomic mass is 35.5. The lowest BCUT2D eigenvalue weighted by atomic mass is 9.92. The number of benzene rings is 2. The Kier molecular flexibility index (Phi) is 8.72. The number of likely N-dealkylation sites (N-methyl/N-ethyl adjacent to an activating group) is 1. The summed E-state index contributed by atoms with van der Waals surface area (Å²) < 4.78 is 0. The normalized spacial score (nSPS) is 18.9. The van der Waals surface area contributed by atoms with Gasteiger partial charge in [0.15, 0.2) is 0 Å². The quantitative estimate of drug-likeness (QED) is 0.537. The SMILES string of the molecule is CN1CCCN(C(=O)CC2CCN(c3ccc(C(=O)NC4CC4)cc3NC(=O)c3cccc(Cl)c3)CC2)CC1. The second-order valence-electron chi connectivity index (χ2n) is 11.1. The number of carbonyl (C=O) groups excluding carboxylic acids is 3. The van der Waals surface area contributed by atoms with E-state index in [0.717, 1.165) is 77.1 Å². The van der Waals surface area contributed by atoms with Gasteiger partial charge < -0.3 is 25.3 Å². The molecule has 1 aliphatic carbocycles. The molecule has 39 heavy (non-hydrogen) atoms. The van der Waals surface area contributed by atoms with Crippen molar-refractivity contribution < 1.29 is 14.4 Å². The monoisotopic (exact) mass is 551 g/mol. The second-order valence-corrected chi connectivity index (χ2v) is 11.6. The number of nitrogens with zero attached hydrogens (tertiary/aromatic N) is 3. The number of piperidine rings is 1. The Bertz CT molecular complexity index is 1210. The molecule has 2 N–H and O–H groups in total. The predicted molar refractivity (Wildman–Crippen MR) is 155 cm³/mol. The summed E-state index contributed by atoms with van der Waals surface area (Å²) in [5.74, 6) is 0.216. The van der Waals surface area contributed by atoms with Crippen LogP contribution in [0.15, 0.2) is 42.5 Å². The summed E-state index contributed by atoms with van der Waals surface area (Å²) in [6.07, 6.45) is 5.45. The lowest BCUT2D eigenvalue weighted by molar-refractivity contribution is -0.132. The number of hydrogen-bond donors (Lipinski definition) is 2. The summed E-state index contributed by atoms with van der Waals surface area (Å²) in [6, 6.07) is 12.6. The summed E-state index contributed by atoms with van der Waals surface area (Å²) >= 11 is 6.11. The second kappa shape index (κ2) is 12.4. The molecular formula is C30H38ClN5O3. The maximum atomic E-state index is 13.1. The van der Waals surface area contributed by atoms with E-state index in [0.29, 0.717) is 34.2 Å².